The smallest absolute Gasteiger partial charge is 0.257 e. The van der Waals surface area contributed by atoms with Crippen molar-refractivity contribution in [2.45, 2.75) is 6.92 Å². The number of nitrogens with one attached hydrogen (secondary N) is 1. The molecule has 1 aromatic carbocycles. The first kappa shape index (κ1) is 13.2. The van der Waals surface area contributed by atoms with Crippen LogP contribution in [0.2, 0.25) is 0 Å². The van der Waals surface area contributed by atoms with Crippen LogP contribution >= 0.6 is 23.5 Å². The Morgan fingerprint density at radius 2 is 2.17 bits per heavy atom. The lowest BCUT2D eigenvalue weighted by atomic mass is 10.2. The minimum absolute atomic E-state index is 0.0912. The van der Waals surface area contributed by atoms with Gasteiger partial charge in [0.1, 0.15) is 4.38 Å². The second-order valence-corrected chi connectivity index (χ2v) is 5.95. The molecule has 0 saturated carbocycles. The van der Waals surface area contributed by atoms with Crippen molar-refractivity contribution in [1.82, 2.24) is 0 Å². The molecule has 94 valence electrons. The second kappa shape index (κ2) is 6.06. The SMILES string of the molecule is Cc1ccc(NC(=O)CSC2=NC(=O)CS2)cc1. The maximum atomic E-state index is 11.7. The quantitative estimate of drug-likeness (QED) is 0.923. The number of anilines is 1. The lowest BCUT2D eigenvalue weighted by molar-refractivity contribution is -0.115. The van der Waals surface area contributed by atoms with Gasteiger partial charge in [0.25, 0.3) is 5.91 Å². The summed E-state index contributed by atoms with van der Waals surface area (Å²) in [5.41, 5.74) is 1.93. The fourth-order valence-corrected chi connectivity index (χ4v) is 2.98. The largest absolute Gasteiger partial charge is 0.325 e. The summed E-state index contributed by atoms with van der Waals surface area (Å²) < 4.78 is 0.680. The van der Waals surface area contributed by atoms with Gasteiger partial charge in [0.2, 0.25) is 5.91 Å². The van der Waals surface area contributed by atoms with Crippen LogP contribution < -0.4 is 5.32 Å². The van der Waals surface area contributed by atoms with E-state index in [1.54, 1.807) is 0 Å². The van der Waals surface area contributed by atoms with Crippen molar-refractivity contribution in [2.75, 3.05) is 16.8 Å². The fraction of sp³-hybridized carbons (Fsp3) is 0.250. The number of aliphatic imine (C=N–C) groups is 1. The third-order valence-corrected chi connectivity index (χ3v) is 4.38. The first-order valence-corrected chi connectivity index (χ1v) is 7.34. The number of nitrogens with zero attached hydrogens (tertiary/aromatic N) is 1. The Balaban J connectivity index is 1.80. The first-order valence-electron chi connectivity index (χ1n) is 5.37. The summed E-state index contributed by atoms with van der Waals surface area (Å²) in [7, 11) is 0. The summed E-state index contributed by atoms with van der Waals surface area (Å²) in [6.45, 7) is 1.99. The predicted octanol–water partition coefficient (Wildman–Crippen LogP) is 2.30. The van der Waals surface area contributed by atoms with Gasteiger partial charge in [-0.15, -0.1) is 0 Å². The van der Waals surface area contributed by atoms with Gasteiger partial charge in [-0.05, 0) is 19.1 Å². The molecule has 2 rings (SSSR count). The van der Waals surface area contributed by atoms with Crippen LogP contribution in [-0.4, -0.2) is 27.7 Å². The molecule has 1 aliphatic rings. The molecule has 0 unspecified atom stereocenters. The van der Waals surface area contributed by atoms with Gasteiger partial charge in [-0.25, -0.2) is 0 Å². The topological polar surface area (TPSA) is 58.5 Å². The average Bonchev–Trinajstić information content (AvgIpc) is 2.76. The molecule has 1 aliphatic heterocycles. The Morgan fingerprint density at radius 1 is 1.44 bits per heavy atom. The molecule has 1 N–H and O–H groups in total. The number of thioether (sulfide) groups is 2. The summed E-state index contributed by atoms with van der Waals surface area (Å²) in [4.78, 5) is 26.4. The van der Waals surface area contributed by atoms with E-state index >= 15 is 0 Å². The molecule has 1 aromatic rings. The summed E-state index contributed by atoms with van der Waals surface area (Å²) in [5, 5.41) is 2.80. The predicted molar refractivity (Wildman–Crippen MR) is 77.2 cm³/mol. The molecule has 18 heavy (non-hydrogen) atoms. The van der Waals surface area contributed by atoms with Gasteiger partial charge in [-0.2, -0.15) is 4.99 Å². The van der Waals surface area contributed by atoms with Crippen molar-refractivity contribution in [3.63, 3.8) is 0 Å². The molecule has 0 atom stereocenters. The van der Waals surface area contributed by atoms with Crippen LogP contribution in [0.25, 0.3) is 0 Å². The van der Waals surface area contributed by atoms with Crippen molar-refractivity contribution in [1.29, 1.82) is 0 Å². The van der Waals surface area contributed by atoms with E-state index in [0.29, 0.717) is 10.1 Å². The minimum atomic E-state index is -0.124. The van der Waals surface area contributed by atoms with E-state index in [2.05, 4.69) is 10.3 Å². The molecule has 0 bridgehead atoms. The van der Waals surface area contributed by atoms with Gasteiger partial charge in [0.15, 0.2) is 0 Å². The van der Waals surface area contributed by atoms with Gasteiger partial charge < -0.3 is 5.32 Å². The standard InChI is InChI=1S/C12H12N2O2S2/c1-8-2-4-9(5-3-8)13-10(15)6-17-12-14-11(16)7-18-12/h2-5H,6-7H2,1H3,(H,13,15). The molecule has 0 spiro atoms. The molecule has 0 radical (unpaired) electrons. The summed E-state index contributed by atoms with van der Waals surface area (Å²) in [6.07, 6.45) is 0. The van der Waals surface area contributed by atoms with Gasteiger partial charge in [0.05, 0.1) is 11.5 Å². The van der Waals surface area contributed by atoms with E-state index in [1.165, 1.54) is 23.5 Å². The lowest BCUT2D eigenvalue weighted by Crippen LogP contribution is -2.14. The number of amides is 2. The minimum Gasteiger partial charge on any atom is -0.325 e. The average molecular weight is 280 g/mol. The monoisotopic (exact) mass is 280 g/mol. The summed E-state index contributed by atoms with van der Waals surface area (Å²) in [6, 6.07) is 7.61. The second-order valence-electron chi connectivity index (χ2n) is 3.76. The number of rotatable bonds is 3. The molecule has 4 nitrogen and oxygen atoms in total. The molecular weight excluding hydrogens is 268 g/mol. The summed E-state index contributed by atoms with van der Waals surface area (Å²) in [5.74, 6) is 0.447. The van der Waals surface area contributed by atoms with Crippen LogP contribution in [0.4, 0.5) is 5.69 Å². The van der Waals surface area contributed by atoms with Crippen molar-refractivity contribution in [3.05, 3.63) is 29.8 Å². The van der Waals surface area contributed by atoms with Gasteiger partial charge in [-0.1, -0.05) is 41.2 Å². The van der Waals surface area contributed by atoms with E-state index in [9.17, 15) is 9.59 Å². The molecule has 1 heterocycles. The highest BCUT2D eigenvalue weighted by atomic mass is 32.2. The molecule has 6 heteroatoms. The van der Waals surface area contributed by atoms with Crippen molar-refractivity contribution < 1.29 is 9.59 Å². The van der Waals surface area contributed by atoms with Crippen molar-refractivity contribution in [3.8, 4) is 0 Å². The van der Waals surface area contributed by atoms with E-state index in [0.717, 1.165) is 11.3 Å². The van der Waals surface area contributed by atoms with Crippen LogP contribution in [-0.2, 0) is 9.59 Å². The van der Waals surface area contributed by atoms with Crippen molar-refractivity contribution >= 4 is 45.4 Å². The Hall–Kier alpha value is -1.27. The lowest BCUT2D eigenvalue weighted by Gasteiger charge is -2.04. The van der Waals surface area contributed by atoms with Crippen LogP contribution in [0.3, 0.4) is 0 Å². The van der Waals surface area contributed by atoms with E-state index in [4.69, 9.17) is 0 Å². The highest BCUT2D eigenvalue weighted by Crippen LogP contribution is 2.22. The Labute approximate surface area is 114 Å². The van der Waals surface area contributed by atoms with Gasteiger partial charge >= 0.3 is 0 Å². The van der Waals surface area contributed by atoms with E-state index < -0.39 is 0 Å². The van der Waals surface area contributed by atoms with Crippen LogP contribution in [0.15, 0.2) is 29.3 Å². The third-order valence-electron chi connectivity index (χ3n) is 2.20. The molecule has 0 aromatic heterocycles. The van der Waals surface area contributed by atoms with E-state index in [-0.39, 0.29) is 17.6 Å². The Kier molecular flexibility index (Phi) is 4.43. The maximum absolute atomic E-state index is 11.7. The number of carbonyl (C=O) groups excluding carboxylic acids is 2. The molecule has 2 amide bonds. The highest BCUT2D eigenvalue weighted by molar-refractivity contribution is 8.39. The molecule has 0 saturated heterocycles. The molecule has 0 aliphatic carbocycles. The van der Waals surface area contributed by atoms with Crippen LogP contribution in [0, 0.1) is 6.92 Å². The zero-order chi connectivity index (χ0) is 13.0. The number of hydrogen-bond donors (Lipinski definition) is 1. The number of hydrogen-bond acceptors (Lipinski definition) is 4. The Morgan fingerprint density at radius 3 is 2.78 bits per heavy atom. The zero-order valence-corrected chi connectivity index (χ0v) is 11.4. The van der Waals surface area contributed by atoms with Gasteiger partial charge in [-0.3, -0.25) is 9.59 Å². The van der Waals surface area contributed by atoms with E-state index in [1.807, 2.05) is 31.2 Å². The third kappa shape index (κ3) is 3.89. The van der Waals surface area contributed by atoms with Crippen LogP contribution in [0.1, 0.15) is 5.56 Å². The van der Waals surface area contributed by atoms with Crippen LogP contribution in [0.5, 0.6) is 0 Å². The molecular formula is C12H12N2O2S2. The zero-order valence-electron chi connectivity index (χ0n) is 9.80. The number of carbonyl (C=O) groups is 2. The fourth-order valence-electron chi connectivity index (χ4n) is 1.33. The highest BCUT2D eigenvalue weighted by Gasteiger charge is 2.16. The van der Waals surface area contributed by atoms with Crippen molar-refractivity contribution in [2.24, 2.45) is 4.99 Å². The first-order chi connectivity index (χ1) is 8.63. The normalized spacial score (nSPS) is 14.5. The molecule has 0 fully saturated rings. The Bertz CT molecular complexity index is 497. The number of benzene rings is 1. The summed E-state index contributed by atoms with van der Waals surface area (Å²) >= 11 is 2.68. The van der Waals surface area contributed by atoms with Gasteiger partial charge in [0, 0.05) is 5.69 Å². The maximum Gasteiger partial charge on any atom is 0.257 e. The number of aryl methyl sites for hydroxylation is 1.